The first kappa shape index (κ1) is 23.9. The van der Waals surface area contributed by atoms with Gasteiger partial charge in [0.15, 0.2) is 11.5 Å². The molecule has 0 radical (unpaired) electrons. The van der Waals surface area contributed by atoms with E-state index in [4.69, 9.17) is 9.47 Å². The fourth-order valence-corrected chi connectivity index (χ4v) is 4.10. The predicted molar refractivity (Wildman–Crippen MR) is 130 cm³/mol. The lowest BCUT2D eigenvalue weighted by Crippen LogP contribution is -2.13. The van der Waals surface area contributed by atoms with Crippen molar-refractivity contribution >= 4 is 33.4 Å². The Morgan fingerprint density at radius 1 is 0.818 bits per heavy atom. The summed E-state index contributed by atoms with van der Waals surface area (Å²) in [6.07, 6.45) is 3.02. The standard InChI is InChI=1S/C25H26N2O5S/c1-17-5-8-21(15-18(17)2)27-33(29,30)22-11-9-20(10-12-22)26-25(28)14-7-19-6-13-23(31-3)24(16-19)32-4/h5-16,27H,1-4H3,(H,26,28). The average Bonchev–Trinajstić information content (AvgIpc) is 2.80. The monoisotopic (exact) mass is 466 g/mol. The number of nitrogens with one attached hydrogen (secondary N) is 2. The van der Waals surface area contributed by atoms with Gasteiger partial charge < -0.3 is 14.8 Å². The molecular formula is C25H26N2O5S. The van der Waals surface area contributed by atoms with Crippen LogP contribution in [0.5, 0.6) is 11.5 Å². The number of hydrogen-bond acceptors (Lipinski definition) is 5. The summed E-state index contributed by atoms with van der Waals surface area (Å²) in [6, 6.07) is 16.6. The van der Waals surface area contributed by atoms with Crippen molar-refractivity contribution < 1.29 is 22.7 Å². The van der Waals surface area contributed by atoms with E-state index in [1.165, 1.54) is 30.3 Å². The Balaban J connectivity index is 1.65. The molecule has 0 atom stereocenters. The summed E-state index contributed by atoms with van der Waals surface area (Å²) in [4.78, 5) is 12.4. The summed E-state index contributed by atoms with van der Waals surface area (Å²) in [5.41, 5.74) is 3.81. The van der Waals surface area contributed by atoms with Crippen LogP contribution in [-0.2, 0) is 14.8 Å². The molecule has 0 unspecified atom stereocenters. The van der Waals surface area contributed by atoms with Gasteiger partial charge in [-0.05, 0) is 85.1 Å². The number of rotatable bonds is 8. The van der Waals surface area contributed by atoms with Gasteiger partial charge in [0.2, 0.25) is 5.91 Å². The molecule has 3 rings (SSSR count). The highest BCUT2D eigenvalue weighted by Gasteiger charge is 2.14. The van der Waals surface area contributed by atoms with E-state index >= 15 is 0 Å². The van der Waals surface area contributed by atoms with E-state index < -0.39 is 10.0 Å². The number of carbonyl (C=O) groups is 1. The van der Waals surface area contributed by atoms with Gasteiger partial charge in [-0.1, -0.05) is 12.1 Å². The van der Waals surface area contributed by atoms with E-state index in [0.717, 1.165) is 16.7 Å². The van der Waals surface area contributed by atoms with Gasteiger partial charge in [0.05, 0.1) is 19.1 Å². The number of sulfonamides is 1. The third-order valence-electron chi connectivity index (χ3n) is 5.03. The second-order valence-corrected chi connectivity index (χ2v) is 9.05. The molecule has 0 saturated carbocycles. The Morgan fingerprint density at radius 3 is 2.12 bits per heavy atom. The van der Waals surface area contributed by atoms with Crippen molar-refractivity contribution in [3.05, 3.63) is 83.4 Å². The molecule has 8 heteroatoms. The van der Waals surface area contributed by atoms with E-state index in [1.807, 2.05) is 19.9 Å². The molecule has 0 aliphatic rings. The lowest BCUT2D eigenvalue weighted by Gasteiger charge is -2.10. The van der Waals surface area contributed by atoms with Crippen molar-refractivity contribution in [2.45, 2.75) is 18.7 Å². The number of methoxy groups -OCH3 is 2. The molecule has 0 bridgehead atoms. The maximum atomic E-state index is 12.7. The summed E-state index contributed by atoms with van der Waals surface area (Å²) >= 11 is 0. The number of hydrogen-bond donors (Lipinski definition) is 2. The minimum atomic E-state index is -3.75. The van der Waals surface area contributed by atoms with Crippen LogP contribution in [0.2, 0.25) is 0 Å². The van der Waals surface area contributed by atoms with Crippen molar-refractivity contribution in [1.82, 2.24) is 0 Å². The molecule has 0 heterocycles. The molecule has 2 N–H and O–H groups in total. The Kier molecular flexibility index (Phi) is 7.40. The highest BCUT2D eigenvalue weighted by atomic mass is 32.2. The topological polar surface area (TPSA) is 93.7 Å². The summed E-state index contributed by atoms with van der Waals surface area (Å²) in [6.45, 7) is 3.88. The Morgan fingerprint density at radius 2 is 1.48 bits per heavy atom. The number of amides is 1. The number of benzene rings is 3. The van der Waals surface area contributed by atoms with Crippen molar-refractivity contribution in [1.29, 1.82) is 0 Å². The number of aryl methyl sites for hydroxylation is 2. The van der Waals surface area contributed by atoms with Crippen molar-refractivity contribution in [3.63, 3.8) is 0 Å². The average molecular weight is 467 g/mol. The zero-order valence-electron chi connectivity index (χ0n) is 18.9. The van der Waals surface area contributed by atoms with Gasteiger partial charge in [-0.25, -0.2) is 8.42 Å². The van der Waals surface area contributed by atoms with Crippen LogP contribution in [-0.4, -0.2) is 28.5 Å². The molecule has 3 aromatic carbocycles. The third kappa shape index (κ3) is 6.14. The van der Waals surface area contributed by atoms with Crippen LogP contribution < -0.4 is 19.5 Å². The third-order valence-corrected chi connectivity index (χ3v) is 6.42. The van der Waals surface area contributed by atoms with Crippen LogP contribution in [0.3, 0.4) is 0 Å². The molecule has 3 aromatic rings. The van der Waals surface area contributed by atoms with Crippen molar-refractivity contribution in [3.8, 4) is 11.5 Å². The summed E-state index contributed by atoms with van der Waals surface area (Å²) in [5, 5.41) is 2.71. The molecule has 0 aromatic heterocycles. The first-order chi connectivity index (χ1) is 15.7. The fourth-order valence-electron chi connectivity index (χ4n) is 3.05. The van der Waals surface area contributed by atoms with Crippen LogP contribution in [0.25, 0.3) is 6.08 Å². The van der Waals surface area contributed by atoms with Gasteiger partial charge in [0.1, 0.15) is 0 Å². The van der Waals surface area contributed by atoms with Gasteiger partial charge in [-0.15, -0.1) is 0 Å². The van der Waals surface area contributed by atoms with Crippen LogP contribution in [0.4, 0.5) is 11.4 Å². The SMILES string of the molecule is COc1ccc(C=CC(=O)Nc2ccc(S(=O)(=O)Nc3ccc(C)c(C)c3)cc2)cc1OC. The zero-order valence-corrected chi connectivity index (χ0v) is 19.7. The van der Waals surface area contributed by atoms with Gasteiger partial charge in [0, 0.05) is 17.5 Å². The number of ether oxygens (including phenoxy) is 2. The lowest BCUT2D eigenvalue weighted by molar-refractivity contribution is -0.111. The maximum absolute atomic E-state index is 12.7. The predicted octanol–water partition coefficient (Wildman–Crippen LogP) is 4.77. The Hall–Kier alpha value is -3.78. The van der Waals surface area contributed by atoms with Crippen LogP contribution in [0.1, 0.15) is 16.7 Å². The van der Waals surface area contributed by atoms with E-state index in [-0.39, 0.29) is 10.8 Å². The van der Waals surface area contributed by atoms with Crippen molar-refractivity contribution in [2.75, 3.05) is 24.3 Å². The quantitative estimate of drug-likeness (QED) is 0.466. The number of carbonyl (C=O) groups excluding carboxylic acids is 1. The lowest BCUT2D eigenvalue weighted by atomic mass is 10.1. The molecule has 7 nitrogen and oxygen atoms in total. The highest BCUT2D eigenvalue weighted by Crippen LogP contribution is 2.28. The largest absolute Gasteiger partial charge is 0.493 e. The first-order valence-corrected chi connectivity index (χ1v) is 11.6. The fraction of sp³-hybridized carbons (Fsp3) is 0.160. The van der Waals surface area contributed by atoms with Gasteiger partial charge in [0.25, 0.3) is 10.0 Å². The normalized spacial score (nSPS) is 11.3. The van der Waals surface area contributed by atoms with E-state index in [1.54, 1.807) is 50.6 Å². The maximum Gasteiger partial charge on any atom is 0.261 e. The molecule has 0 fully saturated rings. The van der Waals surface area contributed by atoms with Gasteiger partial charge in [-0.2, -0.15) is 0 Å². The molecule has 172 valence electrons. The van der Waals surface area contributed by atoms with Crippen LogP contribution in [0, 0.1) is 13.8 Å². The highest BCUT2D eigenvalue weighted by molar-refractivity contribution is 7.92. The van der Waals surface area contributed by atoms with E-state index in [2.05, 4.69) is 10.0 Å². The summed E-state index contributed by atoms with van der Waals surface area (Å²) < 4.78 is 38.3. The zero-order chi connectivity index (χ0) is 24.0. The molecule has 0 aliphatic heterocycles. The molecule has 33 heavy (non-hydrogen) atoms. The minimum Gasteiger partial charge on any atom is -0.493 e. The Labute approximate surface area is 194 Å². The van der Waals surface area contributed by atoms with Crippen LogP contribution in [0.15, 0.2) is 71.6 Å². The second-order valence-electron chi connectivity index (χ2n) is 7.37. The summed E-state index contributed by atoms with van der Waals surface area (Å²) in [5.74, 6) is 0.807. The van der Waals surface area contributed by atoms with Gasteiger partial charge >= 0.3 is 0 Å². The molecule has 0 spiro atoms. The van der Waals surface area contributed by atoms with Gasteiger partial charge in [-0.3, -0.25) is 9.52 Å². The number of anilines is 2. The first-order valence-electron chi connectivity index (χ1n) is 10.1. The van der Waals surface area contributed by atoms with E-state index in [9.17, 15) is 13.2 Å². The molecule has 0 aliphatic carbocycles. The minimum absolute atomic E-state index is 0.0968. The Bertz CT molecular complexity index is 1280. The molecule has 0 saturated heterocycles. The molecule has 1 amide bonds. The summed E-state index contributed by atoms with van der Waals surface area (Å²) in [7, 11) is -0.652. The molecular weight excluding hydrogens is 440 g/mol. The van der Waals surface area contributed by atoms with Crippen LogP contribution >= 0.6 is 0 Å². The van der Waals surface area contributed by atoms with E-state index in [0.29, 0.717) is 22.9 Å². The smallest absolute Gasteiger partial charge is 0.261 e. The van der Waals surface area contributed by atoms with Crippen molar-refractivity contribution in [2.24, 2.45) is 0 Å². The second kappa shape index (κ2) is 10.2.